The Hall–Kier alpha value is -0.980. The van der Waals surface area contributed by atoms with Gasteiger partial charge in [0.25, 0.3) is 10.1 Å². The molecule has 3 aromatic rings. The molecule has 6 heteroatoms. The number of aryl methyl sites for hydroxylation is 2. The molecule has 0 bridgehead atoms. The molecule has 0 saturated carbocycles. The van der Waals surface area contributed by atoms with Crippen molar-refractivity contribution in [2.24, 2.45) is 0 Å². The van der Waals surface area contributed by atoms with Crippen molar-refractivity contribution in [1.29, 1.82) is 0 Å². The molecule has 0 saturated heterocycles. The SMILES string of the molecule is Cc1cc(C)c2cc3ccc(S(=O)(=O)O)cc3cc2n1.[Na]. The molecule has 0 atom stereocenters. The van der Waals surface area contributed by atoms with Crippen LogP contribution in [0.2, 0.25) is 0 Å². The smallest absolute Gasteiger partial charge is 0.282 e. The number of aromatic nitrogens is 1. The molecule has 0 amide bonds. The van der Waals surface area contributed by atoms with Crippen LogP contribution in [0.25, 0.3) is 21.7 Å². The molecule has 4 nitrogen and oxygen atoms in total. The Balaban J connectivity index is 0.00000161. The third-order valence-corrected chi connectivity index (χ3v) is 4.22. The molecule has 1 radical (unpaired) electrons. The number of hydrogen-bond acceptors (Lipinski definition) is 3. The van der Waals surface area contributed by atoms with Crippen LogP contribution in [0.1, 0.15) is 11.3 Å². The van der Waals surface area contributed by atoms with Crippen LogP contribution in [-0.2, 0) is 10.1 Å². The van der Waals surface area contributed by atoms with E-state index in [1.54, 1.807) is 6.07 Å². The third-order valence-electron chi connectivity index (χ3n) is 3.37. The van der Waals surface area contributed by atoms with E-state index in [-0.39, 0.29) is 34.5 Å². The fraction of sp³-hybridized carbons (Fsp3) is 0.133. The van der Waals surface area contributed by atoms with E-state index >= 15 is 0 Å². The van der Waals surface area contributed by atoms with Gasteiger partial charge in [-0.15, -0.1) is 0 Å². The van der Waals surface area contributed by atoms with E-state index in [0.29, 0.717) is 0 Å². The molecule has 2 aromatic carbocycles. The second-order valence-electron chi connectivity index (χ2n) is 4.93. The van der Waals surface area contributed by atoms with Crippen molar-refractivity contribution < 1.29 is 13.0 Å². The maximum absolute atomic E-state index is 11.2. The van der Waals surface area contributed by atoms with Gasteiger partial charge in [0, 0.05) is 40.6 Å². The van der Waals surface area contributed by atoms with Crippen LogP contribution in [0.15, 0.2) is 41.3 Å². The van der Waals surface area contributed by atoms with E-state index in [9.17, 15) is 8.42 Å². The zero-order valence-corrected chi connectivity index (χ0v) is 14.9. The Morgan fingerprint density at radius 3 is 2.38 bits per heavy atom. The van der Waals surface area contributed by atoms with E-state index in [4.69, 9.17) is 4.55 Å². The molecule has 0 spiro atoms. The van der Waals surface area contributed by atoms with Crippen LogP contribution in [-0.4, -0.2) is 47.5 Å². The summed E-state index contributed by atoms with van der Waals surface area (Å²) in [6, 6.07) is 10.4. The van der Waals surface area contributed by atoms with Crippen LogP contribution < -0.4 is 0 Å². The minimum absolute atomic E-state index is 0. The molecular weight excluding hydrogens is 297 g/mol. The summed E-state index contributed by atoms with van der Waals surface area (Å²) in [6.45, 7) is 3.95. The molecule has 0 fully saturated rings. The van der Waals surface area contributed by atoms with Gasteiger partial charge in [0.1, 0.15) is 0 Å². The minimum Gasteiger partial charge on any atom is -0.282 e. The summed E-state index contributed by atoms with van der Waals surface area (Å²) in [5.74, 6) is 0. The summed E-state index contributed by atoms with van der Waals surface area (Å²) in [6.07, 6.45) is 0. The largest absolute Gasteiger partial charge is 0.294 e. The second kappa shape index (κ2) is 5.66. The quantitative estimate of drug-likeness (QED) is 0.426. The predicted octanol–water partition coefficient (Wildman–Crippen LogP) is 2.87. The van der Waals surface area contributed by atoms with Gasteiger partial charge in [-0.3, -0.25) is 9.54 Å². The van der Waals surface area contributed by atoms with E-state index in [2.05, 4.69) is 4.98 Å². The van der Waals surface area contributed by atoms with E-state index < -0.39 is 10.1 Å². The first-order valence-corrected chi connectivity index (χ1v) is 7.58. The van der Waals surface area contributed by atoms with Crippen molar-refractivity contribution in [2.45, 2.75) is 18.7 Å². The topological polar surface area (TPSA) is 67.3 Å². The summed E-state index contributed by atoms with van der Waals surface area (Å²) in [7, 11) is -4.18. The van der Waals surface area contributed by atoms with Gasteiger partial charge in [0.2, 0.25) is 0 Å². The monoisotopic (exact) mass is 310 g/mol. The Morgan fingerprint density at radius 1 is 1.00 bits per heavy atom. The second-order valence-corrected chi connectivity index (χ2v) is 6.36. The fourth-order valence-electron chi connectivity index (χ4n) is 2.45. The maximum Gasteiger partial charge on any atom is 0.294 e. The first-order valence-electron chi connectivity index (χ1n) is 6.14. The normalized spacial score (nSPS) is 11.6. The van der Waals surface area contributed by atoms with Gasteiger partial charge in [0.05, 0.1) is 10.4 Å². The van der Waals surface area contributed by atoms with Crippen LogP contribution in [0.4, 0.5) is 0 Å². The third kappa shape index (κ3) is 3.12. The molecule has 1 heterocycles. The van der Waals surface area contributed by atoms with Crippen LogP contribution >= 0.6 is 0 Å². The van der Waals surface area contributed by atoms with Crippen molar-refractivity contribution in [2.75, 3.05) is 0 Å². The molecular formula is C15H13NNaO3S. The minimum atomic E-state index is -4.18. The van der Waals surface area contributed by atoms with Gasteiger partial charge < -0.3 is 0 Å². The molecule has 1 aromatic heterocycles. The zero-order chi connectivity index (χ0) is 14.5. The maximum atomic E-state index is 11.2. The molecule has 0 unspecified atom stereocenters. The number of rotatable bonds is 1. The van der Waals surface area contributed by atoms with Crippen LogP contribution in [0, 0.1) is 13.8 Å². The summed E-state index contributed by atoms with van der Waals surface area (Å²) in [4.78, 5) is 4.36. The van der Waals surface area contributed by atoms with Gasteiger partial charge >= 0.3 is 0 Å². The van der Waals surface area contributed by atoms with Crippen molar-refractivity contribution in [1.82, 2.24) is 4.98 Å². The molecule has 1 N–H and O–H groups in total. The molecule has 21 heavy (non-hydrogen) atoms. The van der Waals surface area contributed by atoms with E-state index in [1.807, 2.05) is 32.0 Å². The van der Waals surface area contributed by atoms with Crippen molar-refractivity contribution >= 4 is 61.4 Å². The van der Waals surface area contributed by atoms with E-state index in [0.717, 1.165) is 32.9 Å². The molecule has 3 rings (SSSR count). The van der Waals surface area contributed by atoms with Gasteiger partial charge in [0.15, 0.2) is 0 Å². The number of pyridine rings is 1. The van der Waals surface area contributed by atoms with Gasteiger partial charge in [-0.25, -0.2) is 0 Å². The van der Waals surface area contributed by atoms with Gasteiger partial charge in [-0.2, -0.15) is 8.42 Å². The zero-order valence-electron chi connectivity index (χ0n) is 12.1. The molecule has 0 aliphatic rings. The Kier molecular flexibility index (Phi) is 4.42. The predicted molar refractivity (Wildman–Crippen MR) is 84.3 cm³/mol. The Morgan fingerprint density at radius 2 is 1.71 bits per heavy atom. The summed E-state index contributed by atoms with van der Waals surface area (Å²) in [5, 5.41) is 2.70. The van der Waals surface area contributed by atoms with Crippen molar-refractivity contribution in [3.63, 3.8) is 0 Å². The number of nitrogens with zero attached hydrogens (tertiary/aromatic N) is 1. The summed E-state index contributed by atoms with van der Waals surface area (Å²) in [5.41, 5.74) is 2.87. The summed E-state index contributed by atoms with van der Waals surface area (Å²) >= 11 is 0. The number of hydrogen-bond donors (Lipinski definition) is 1. The van der Waals surface area contributed by atoms with Crippen LogP contribution in [0.3, 0.4) is 0 Å². The number of benzene rings is 2. The van der Waals surface area contributed by atoms with Crippen LogP contribution in [0.5, 0.6) is 0 Å². The van der Waals surface area contributed by atoms with E-state index in [1.165, 1.54) is 12.1 Å². The standard InChI is InChI=1S/C15H13NO3S.Na/c1-9-5-10(2)16-15-8-12-6-13(20(17,18)19)4-3-11(12)7-14(9)15;/h3-8H,1-2H3,(H,17,18,19);. The van der Waals surface area contributed by atoms with Gasteiger partial charge in [-0.1, -0.05) is 6.07 Å². The molecule has 103 valence electrons. The first-order chi connectivity index (χ1) is 9.34. The fourth-order valence-corrected chi connectivity index (χ4v) is 2.96. The summed E-state index contributed by atoms with van der Waals surface area (Å²) < 4.78 is 31.5. The molecule has 0 aliphatic heterocycles. The Bertz CT molecular complexity index is 952. The first kappa shape index (κ1) is 16.4. The molecule has 0 aliphatic carbocycles. The Labute approximate surface area is 145 Å². The van der Waals surface area contributed by atoms with Crippen molar-refractivity contribution in [3.05, 3.63) is 47.7 Å². The average Bonchev–Trinajstić information content (AvgIpc) is 2.35. The van der Waals surface area contributed by atoms with Gasteiger partial charge in [-0.05, 0) is 60.5 Å². The average molecular weight is 310 g/mol. The van der Waals surface area contributed by atoms with Crippen molar-refractivity contribution in [3.8, 4) is 0 Å². The number of fused-ring (bicyclic) bond motifs is 2.